The summed E-state index contributed by atoms with van der Waals surface area (Å²) >= 11 is 0. The van der Waals surface area contributed by atoms with Crippen molar-refractivity contribution in [3.05, 3.63) is 33.9 Å². The van der Waals surface area contributed by atoms with Gasteiger partial charge in [0.25, 0.3) is 5.69 Å². The third-order valence-corrected chi connectivity index (χ3v) is 1.97. The fourth-order valence-electron chi connectivity index (χ4n) is 1.14. The summed E-state index contributed by atoms with van der Waals surface area (Å²) in [6.45, 7) is 0. The van der Waals surface area contributed by atoms with Crippen molar-refractivity contribution in [3.63, 3.8) is 0 Å². The smallest absolute Gasteiger partial charge is 0.398 e. The predicted octanol–water partition coefficient (Wildman–Crippen LogP) is 1.74. The third-order valence-electron chi connectivity index (χ3n) is 1.97. The van der Waals surface area contributed by atoms with Gasteiger partial charge >= 0.3 is 6.18 Å². The van der Waals surface area contributed by atoms with Crippen LogP contribution in [0.15, 0.2) is 18.2 Å². The molecule has 0 aliphatic heterocycles. The fourth-order valence-corrected chi connectivity index (χ4v) is 1.14. The Bertz CT molecular complexity index is 419. The lowest BCUT2D eigenvalue weighted by Gasteiger charge is -2.17. The van der Waals surface area contributed by atoms with Crippen molar-refractivity contribution in [2.75, 3.05) is 5.73 Å². The first-order valence-electron chi connectivity index (χ1n) is 4.09. The standard InChI is InChI=1S/C8H8F3N3O2/c9-8(10,11)7(13)5-2-1-4(14(15)16)3-6(5)12/h1-3,7H,12-13H2/t7-/m0/s1. The monoisotopic (exact) mass is 235 g/mol. The van der Waals surface area contributed by atoms with Crippen molar-refractivity contribution in [1.82, 2.24) is 0 Å². The van der Waals surface area contributed by atoms with Crippen LogP contribution in [0.2, 0.25) is 0 Å². The molecule has 16 heavy (non-hydrogen) atoms. The molecule has 1 aromatic rings. The number of nitro benzene ring substituents is 1. The van der Waals surface area contributed by atoms with E-state index in [2.05, 4.69) is 0 Å². The second kappa shape index (κ2) is 3.97. The van der Waals surface area contributed by atoms with Crippen molar-refractivity contribution in [1.29, 1.82) is 0 Å². The number of hydrogen-bond acceptors (Lipinski definition) is 4. The highest BCUT2D eigenvalue weighted by Crippen LogP contribution is 2.34. The topological polar surface area (TPSA) is 95.2 Å². The summed E-state index contributed by atoms with van der Waals surface area (Å²) in [6, 6.07) is 0.442. The summed E-state index contributed by atoms with van der Waals surface area (Å²) < 4.78 is 36.8. The molecule has 0 fully saturated rings. The number of benzene rings is 1. The molecule has 0 aliphatic carbocycles. The molecule has 88 valence electrons. The number of nitro groups is 1. The second-order valence-electron chi connectivity index (χ2n) is 3.09. The van der Waals surface area contributed by atoms with Gasteiger partial charge in [-0.2, -0.15) is 13.2 Å². The average molecular weight is 235 g/mol. The van der Waals surface area contributed by atoms with Gasteiger partial charge in [-0.05, 0) is 6.07 Å². The number of nitrogen functional groups attached to an aromatic ring is 1. The van der Waals surface area contributed by atoms with Gasteiger partial charge in [0, 0.05) is 23.4 Å². The van der Waals surface area contributed by atoms with Crippen molar-refractivity contribution in [2.24, 2.45) is 5.73 Å². The molecule has 0 amide bonds. The van der Waals surface area contributed by atoms with Crippen LogP contribution in [0, 0.1) is 10.1 Å². The summed E-state index contributed by atoms with van der Waals surface area (Å²) in [7, 11) is 0. The Morgan fingerprint density at radius 1 is 1.38 bits per heavy atom. The number of hydrogen-bond donors (Lipinski definition) is 2. The number of non-ortho nitro benzene ring substituents is 1. The first-order valence-corrected chi connectivity index (χ1v) is 4.09. The Kier molecular flexibility index (Phi) is 3.04. The number of anilines is 1. The van der Waals surface area contributed by atoms with E-state index in [1.54, 1.807) is 0 Å². The lowest BCUT2D eigenvalue weighted by atomic mass is 10.0. The van der Waals surface area contributed by atoms with Gasteiger partial charge < -0.3 is 11.5 Å². The highest BCUT2D eigenvalue weighted by molar-refractivity contribution is 5.55. The van der Waals surface area contributed by atoms with Gasteiger partial charge in [-0.25, -0.2) is 0 Å². The van der Waals surface area contributed by atoms with E-state index in [0.717, 1.165) is 18.2 Å². The molecule has 5 nitrogen and oxygen atoms in total. The minimum atomic E-state index is -4.63. The summed E-state index contributed by atoms with van der Waals surface area (Å²) in [5.74, 6) is 0. The second-order valence-corrected chi connectivity index (χ2v) is 3.09. The quantitative estimate of drug-likeness (QED) is 0.463. The Morgan fingerprint density at radius 3 is 2.31 bits per heavy atom. The normalized spacial score (nSPS) is 13.5. The molecule has 0 unspecified atom stereocenters. The van der Waals surface area contributed by atoms with Crippen LogP contribution >= 0.6 is 0 Å². The summed E-state index contributed by atoms with van der Waals surface area (Å²) in [5, 5.41) is 10.3. The molecule has 0 spiro atoms. The van der Waals surface area contributed by atoms with E-state index in [4.69, 9.17) is 11.5 Å². The lowest BCUT2D eigenvalue weighted by molar-refractivity contribution is -0.384. The van der Waals surface area contributed by atoms with Crippen molar-refractivity contribution in [2.45, 2.75) is 12.2 Å². The maximum Gasteiger partial charge on any atom is 0.407 e. The van der Waals surface area contributed by atoms with Crippen LogP contribution in [0.3, 0.4) is 0 Å². The largest absolute Gasteiger partial charge is 0.407 e. The zero-order valence-corrected chi connectivity index (χ0v) is 7.86. The first-order chi connectivity index (χ1) is 7.23. The van der Waals surface area contributed by atoms with Crippen LogP contribution in [0.4, 0.5) is 24.5 Å². The minimum absolute atomic E-state index is 0.348. The molecule has 0 aliphatic rings. The Hall–Kier alpha value is -1.83. The molecule has 0 heterocycles. The van der Waals surface area contributed by atoms with Gasteiger partial charge in [-0.15, -0.1) is 0 Å². The van der Waals surface area contributed by atoms with Crippen LogP contribution in [-0.2, 0) is 0 Å². The number of alkyl halides is 3. The van der Waals surface area contributed by atoms with E-state index in [1.807, 2.05) is 0 Å². The van der Waals surface area contributed by atoms with Gasteiger partial charge in [0.05, 0.1) is 4.92 Å². The zero-order chi connectivity index (χ0) is 12.5. The van der Waals surface area contributed by atoms with Crippen LogP contribution < -0.4 is 11.5 Å². The molecule has 0 radical (unpaired) electrons. The van der Waals surface area contributed by atoms with Gasteiger partial charge in [0.1, 0.15) is 6.04 Å². The van der Waals surface area contributed by atoms with Gasteiger partial charge in [0.2, 0.25) is 0 Å². The van der Waals surface area contributed by atoms with E-state index in [0.29, 0.717) is 0 Å². The number of rotatable bonds is 2. The lowest BCUT2D eigenvalue weighted by Crippen LogP contribution is -2.29. The van der Waals surface area contributed by atoms with E-state index in [9.17, 15) is 23.3 Å². The number of halogens is 3. The molecule has 1 atom stereocenters. The molecule has 0 saturated heterocycles. The molecule has 8 heteroatoms. The molecular weight excluding hydrogens is 227 g/mol. The van der Waals surface area contributed by atoms with E-state index in [-0.39, 0.29) is 16.9 Å². The summed E-state index contributed by atoms with van der Waals surface area (Å²) in [6.07, 6.45) is -4.63. The van der Waals surface area contributed by atoms with Crippen LogP contribution in [0.5, 0.6) is 0 Å². The van der Waals surface area contributed by atoms with Crippen LogP contribution in [0.25, 0.3) is 0 Å². The molecule has 0 bridgehead atoms. The summed E-state index contributed by atoms with van der Waals surface area (Å²) in [4.78, 5) is 9.58. The fraction of sp³-hybridized carbons (Fsp3) is 0.250. The Labute approximate surface area is 88.0 Å². The van der Waals surface area contributed by atoms with E-state index in [1.165, 1.54) is 0 Å². The zero-order valence-electron chi connectivity index (χ0n) is 7.86. The van der Waals surface area contributed by atoms with Crippen molar-refractivity contribution in [3.8, 4) is 0 Å². The van der Waals surface area contributed by atoms with Crippen molar-refractivity contribution >= 4 is 11.4 Å². The van der Waals surface area contributed by atoms with Gasteiger partial charge in [-0.1, -0.05) is 0 Å². The number of nitrogens with zero attached hydrogens (tertiary/aromatic N) is 1. The molecular formula is C8H8F3N3O2. The van der Waals surface area contributed by atoms with E-state index < -0.39 is 17.1 Å². The minimum Gasteiger partial charge on any atom is -0.398 e. The van der Waals surface area contributed by atoms with Crippen LogP contribution in [-0.4, -0.2) is 11.1 Å². The average Bonchev–Trinajstić information content (AvgIpc) is 2.15. The molecule has 4 N–H and O–H groups in total. The predicted molar refractivity (Wildman–Crippen MR) is 50.5 cm³/mol. The SMILES string of the molecule is Nc1cc([N+](=O)[O-])ccc1[C@H](N)C(F)(F)F. The maximum atomic E-state index is 12.3. The van der Waals surface area contributed by atoms with Gasteiger partial charge in [0.15, 0.2) is 0 Å². The van der Waals surface area contributed by atoms with Crippen LogP contribution in [0.1, 0.15) is 11.6 Å². The maximum absolute atomic E-state index is 12.3. The first kappa shape index (κ1) is 12.2. The van der Waals surface area contributed by atoms with Gasteiger partial charge in [-0.3, -0.25) is 10.1 Å². The molecule has 1 aromatic carbocycles. The molecule has 1 rings (SSSR count). The molecule has 0 aromatic heterocycles. The molecule has 0 saturated carbocycles. The highest BCUT2D eigenvalue weighted by Gasteiger charge is 2.39. The Morgan fingerprint density at radius 2 is 1.94 bits per heavy atom. The summed E-state index contributed by atoms with van der Waals surface area (Å²) in [5.41, 5.74) is 9.09. The van der Waals surface area contributed by atoms with Crippen molar-refractivity contribution < 1.29 is 18.1 Å². The number of nitrogens with two attached hydrogens (primary N) is 2. The Balaban J connectivity index is 3.13. The third kappa shape index (κ3) is 2.40. The highest BCUT2D eigenvalue weighted by atomic mass is 19.4. The van der Waals surface area contributed by atoms with E-state index >= 15 is 0 Å².